The number of ether oxygens (including phenoxy) is 2. The van der Waals surface area contributed by atoms with Gasteiger partial charge in [-0.05, 0) is 24.3 Å². The van der Waals surface area contributed by atoms with Crippen LogP contribution in [0, 0.1) is 5.92 Å². The van der Waals surface area contributed by atoms with Crippen LogP contribution in [0.2, 0.25) is 0 Å². The van der Waals surface area contributed by atoms with E-state index in [-0.39, 0.29) is 18.9 Å². The number of alkyl carbamates (subject to hydrolysis) is 1. The zero-order chi connectivity index (χ0) is 20.2. The van der Waals surface area contributed by atoms with Crippen LogP contribution in [0.1, 0.15) is 32.3 Å². The number of nitrogens with one attached hydrogen (secondary N) is 2. The Labute approximate surface area is 160 Å². The number of esters is 1. The predicted octanol–water partition coefficient (Wildman–Crippen LogP) is 2.56. The summed E-state index contributed by atoms with van der Waals surface area (Å²) in [6.45, 7) is 7.53. The van der Waals surface area contributed by atoms with Crippen molar-refractivity contribution in [3.63, 3.8) is 0 Å². The molecule has 0 aliphatic heterocycles. The first-order valence-corrected chi connectivity index (χ1v) is 8.83. The summed E-state index contributed by atoms with van der Waals surface area (Å²) in [7, 11) is 1.25. The monoisotopic (exact) mass is 376 g/mol. The highest BCUT2D eigenvalue weighted by Gasteiger charge is 2.27. The highest BCUT2D eigenvalue weighted by atomic mass is 16.5. The average Bonchev–Trinajstić information content (AvgIpc) is 2.65. The summed E-state index contributed by atoms with van der Waals surface area (Å²) in [6.07, 6.45) is 1.44. The minimum atomic E-state index is -0.850. The van der Waals surface area contributed by atoms with Gasteiger partial charge in [0.25, 0.3) is 0 Å². The summed E-state index contributed by atoms with van der Waals surface area (Å²) in [5.74, 6) is -0.901. The normalized spacial score (nSPS) is 12.6. The van der Waals surface area contributed by atoms with Crippen LogP contribution >= 0.6 is 0 Å². The van der Waals surface area contributed by atoms with E-state index in [0.29, 0.717) is 6.42 Å². The van der Waals surface area contributed by atoms with Crippen molar-refractivity contribution in [3.05, 3.63) is 48.6 Å². The Hall–Kier alpha value is -2.83. The number of rotatable bonds is 10. The molecule has 1 aromatic carbocycles. The van der Waals surface area contributed by atoms with Gasteiger partial charge in [-0.1, -0.05) is 50.3 Å². The van der Waals surface area contributed by atoms with Gasteiger partial charge in [-0.15, -0.1) is 6.58 Å². The van der Waals surface area contributed by atoms with Crippen molar-refractivity contribution in [2.24, 2.45) is 5.92 Å². The van der Waals surface area contributed by atoms with Gasteiger partial charge in [0.15, 0.2) is 0 Å². The summed E-state index contributed by atoms with van der Waals surface area (Å²) < 4.78 is 9.86. The minimum absolute atomic E-state index is 0.101. The van der Waals surface area contributed by atoms with Crippen molar-refractivity contribution >= 4 is 18.0 Å². The number of carbonyl (C=O) groups is 3. The second kappa shape index (κ2) is 11.7. The lowest BCUT2D eigenvalue weighted by atomic mass is 10.0. The van der Waals surface area contributed by atoms with Crippen LogP contribution in [0.5, 0.6) is 0 Å². The van der Waals surface area contributed by atoms with E-state index in [2.05, 4.69) is 21.9 Å². The average molecular weight is 376 g/mol. The first-order chi connectivity index (χ1) is 12.9. The van der Waals surface area contributed by atoms with Crippen LogP contribution in [0.4, 0.5) is 4.79 Å². The number of benzene rings is 1. The lowest BCUT2D eigenvalue weighted by molar-refractivity contribution is -0.145. The molecule has 1 rings (SSSR count). The lowest BCUT2D eigenvalue weighted by Gasteiger charge is -2.22. The first kappa shape index (κ1) is 22.2. The smallest absolute Gasteiger partial charge is 0.408 e. The number of carbonyl (C=O) groups excluding carboxylic acids is 3. The zero-order valence-corrected chi connectivity index (χ0v) is 16.1. The van der Waals surface area contributed by atoms with Gasteiger partial charge in [0.2, 0.25) is 5.91 Å². The third-order valence-corrected chi connectivity index (χ3v) is 3.73. The second-order valence-electron chi connectivity index (χ2n) is 6.50. The number of hydrogen-bond acceptors (Lipinski definition) is 5. The maximum atomic E-state index is 12.6. The molecule has 0 fully saturated rings. The molecule has 0 aromatic heterocycles. The van der Waals surface area contributed by atoms with E-state index in [4.69, 9.17) is 4.74 Å². The molecule has 2 amide bonds. The lowest BCUT2D eigenvalue weighted by Crippen LogP contribution is -2.52. The molecule has 2 atom stereocenters. The van der Waals surface area contributed by atoms with Gasteiger partial charge < -0.3 is 20.1 Å². The van der Waals surface area contributed by atoms with Gasteiger partial charge in [-0.3, -0.25) is 4.79 Å². The number of amides is 2. The van der Waals surface area contributed by atoms with Crippen molar-refractivity contribution in [1.82, 2.24) is 10.6 Å². The summed E-state index contributed by atoms with van der Waals surface area (Å²) in [5, 5.41) is 5.17. The molecule has 0 saturated carbocycles. The zero-order valence-electron chi connectivity index (χ0n) is 16.1. The molecule has 27 heavy (non-hydrogen) atoms. The molecule has 1 aromatic rings. The number of hydrogen-bond donors (Lipinski definition) is 2. The Bertz CT molecular complexity index is 631. The van der Waals surface area contributed by atoms with Gasteiger partial charge in [-0.25, -0.2) is 9.59 Å². The SMILES string of the molecule is C=CC[C@@H](NC(=O)[C@H](CC(C)C)NC(=O)OCc1ccccc1)C(=O)OC. The maximum absolute atomic E-state index is 12.6. The molecule has 0 aliphatic carbocycles. The highest BCUT2D eigenvalue weighted by molar-refractivity contribution is 5.89. The second-order valence-corrected chi connectivity index (χ2v) is 6.50. The molecule has 0 radical (unpaired) electrons. The summed E-state index contributed by atoms with van der Waals surface area (Å²) in [4.78, 5) is 36.4. The topological polar surface area (TPSA) is 93.7 Å². The Morgan fingerprint density at radius 2 is 1.78 bits per heavy atom. The molecule has 0 aliphatic rings. The van der Waals surface area contributed by atoms with E-state index in [0.717, 1.165) is 5.56 Å². The maximum Gasteiger partial charge on any atom is 0.408 e. The molecule has 7 nitrogen and oxygen atoms in total. The fourth-order valence-corrected chi connectivity index (χ4v) is 2.41. The Morgan fingerprint density at radius 3 is 2.33 bits per heavy atom. The van der Waals surface area contributed by atoms with E-state index in [9.17, 15) is 14.4 Å². The summed E-state index contributed by atoms with van der Waals surface area (Å²) in [6, 6.07) is 7.55. The fourth-order valence-electron chi connectivity index (χ4n) is 2.41. The highest BCUT2D eigenvalue weighted by Crippen LogP contribution is 2.08. The van der Waals surface area contributed by atoms with Gasteiger partial charge in [0, 0.05) is 0 Å². The van der Waals surface area contributed by atoms with E-state index in [1.165, 1.54) is 13.2 Å². The first-order valence-electron chi connectivity index (χ1n) is 8.83. The van der Waals surface area contributed by atoms with Crippen molar-refractivity contribution in [1.29, 1.82) is 0 Å². The molecular weight excluding hydrogens is 348 g/mol. The van der Waals surface area contributed by atoms with Gasteiger partial charge >= 0.3 is 12.1 Å². The van der Waals surface area contributed by atoms with Crippen molar-refractivity contribution in [3.8, 4) is 0 Å². The largest absolute Gasteiger partial charge is 0.467 e. The van der Waals surface area contributed by atoms with Gasteiger partial charge in [-0.2, -0.15) is 0 Å². The minimum Gasteiger partial charge on any atom is -0.467 e. The quantitative estimate of drug-likeness (QED) is 0.483. The van der Waals surface area contributed by atoms with Crippen molar-refractivity contribution in [2.75, 3.05) is 7.11 Å². The van der Waals surface area contributed by atoms with E-state index in [1.807, 2.05) is 44.2 Å². The summed E-state index contributed by atoms with van der Waals surface area (Å²) >= 11 is 0. The summed E-state index contributed by atoms with van der Waals surface area (Å²) in [5.41, 5.74) is 0.842. The predicted molar refractivity (Wildman–Crippen MR) is 102 cm³/mol. The van der Waals surface area contributed by atoms with E-state index >= 15 is 0 Å². The number of methoxy groups -OCH3 is 1. The van der Waals surface area contributed by atoms with Gasteiger partial charge in [0.1, 0.15) is 18.7 Å². The van der Waals surface area contributed by atoms with Crippen LogP contribution in [-0.4, -0.2) is 37.2 Å². The molecule has 0 heterocycles. The Kier molecular flexibility index (Phi) is 9.64. The molecular formula is C20H28N2O5. The molecule has 0 saturated heterocycles. The Morgan fingerprint density at radius 1 is 1.11 bits per heavy atom. The van der Waals surface area contributed by atoms with Crippen molar-refractivity contribution < 1.29 is 23.9 Å². The van der Waals surface area contributed by atoms with Crippen LogP contribution in [-0.2, 0) is 25.7 Å². The molecule has 0 spiro atoms. The van der Waals surface area contributed by atoms with E-state index < -0.39 is 30.1 Å². The third kappa shape index (κ3) is 8.40. The van der Waals surface area contributed by atoms with Crippen LogP contribution in [0.3, 0.4) is 0 Å². The van der Waals surface area contributed by atoms with Gasteiger partial charge in [0.05, 0.1) is 7.11 Å². The standard InChI is InChI=1S/C20H28N2O5/c1-5-9-16(19(24)26-4)21-18(23)17(12-14(2)3)22-20(25)27-13-15-10-7-6-8-11-15/h5-8,10-11,14,16-17H,1,9,12-13H2,2-4H3,(H,21,23)(H,22,25)/t16-,17+/m1/s1. The van der Waals surface area contributed by atoms with Crippen LogP contribution in [0.15, 0.2) is 43.0 Å². The molecule has 0 bridgehead atoms. The van der Waals surface area contributed by atoms with Crippen LogP contribution < -0.4 is 10.6 Å². The molecule has 2 N–H and O–H groups in total. The fraction of sp³-hybridized carbons (Fsp3) is 0.450. The van der Waals surface area contributed by atoms with E-state index in [1.54, 1.807) is 0 Å². The van der Waals surface area contributed by atoms with Crippen LogP contribution in [0.25, 0.3) is 0 Å². The Balaban J connectivity index is 2.69. The third-order valence-electron chi connectivity index (χ3n) is 3.73. The molecule has 7 heteroatoms. The molecule has 148 valence electrons. The van der Waals surface area contributed by atoms with Crippen molar-refractivity contribution in [2.45, 2.75) is 45.4 Å². The molecule has 0 unspecified atom stereocenters.